The number of carbonyl (C=O) groups is 1. The number of para-hydroxylation sites is 1. The van der Waals surface area contributed by atoms with Gasteiger partial charge in [-0.05, 0) is 26.8 Å². The molecule has 0 amide bonds. The first kappa shape index (κ1) is 17.7. The van der Waals surface area contributed by atoms with E-state index in [1.807, 2.05) is 31.2 Å². The van der Waals surface area contributed by atoms with Gasteiger partial charge in [0.25, 0.3) is 5.56 Å². The van der Waals surface area contributed by atoms with Crippen molar-refractivity contribution in [3.8, 4) is 16.9 Å². The molecular weight excluding hydrogens is 334 g/mol. The van der Waals surface area contributed by atoms with Crippen LogP contribution in [0.15, 0.2) is 29.1 Å². The number of aromatic nitrogens is 3. The number of ether oxygens (including phenoxy) is 2. The Morgan fingerprint density at radius 2 is 2.00 bits per heavy atom. The highest BCUT2D eigenvalue weighted by molar-refractivity contribution is 5.83. The molecule has 7 nitrogen and oxygen atoms in total. The lowest BCUT2D eigenvalue weighted by molar-refractivity contribution is -0.142. The van der Waals surface area contributed by atoms with Gasteiger partial charge in [-0.3, -0.25) is 14.7 Å². The number of aryl methyl sites for hydroxylation is 2. The second-order valence-electron chi connectivity index (χ2n) is 5.93. The van der Waals surface area contributed by atoms with Crippen molar-refractivity contribution in [3.05, 3.63) is 51.6 Å². The minimum absolute atomic E-state index is 0.101. The van der Waals surface area contributed by atoms with Crippen molar-refractivity contribution in [3.63, 3.8) is 0 Å². The van der Waals surface area contributed by atoms with Gasteiger partial charge in [-0.1, -0.05) is 18.2 Å². The van der Waals surface area contributed by atoms with E-state index in [1.54, 1.807) is 21.0 Å². The van der Waals surface area contributed by atoms with Crippen molar-refractivity contribution in [2.75, 3.05) is 13.7 Å². The van der Waals surface area contributed by atoms with Gasteiger partial charge in [-0.2, -0.15) is 0 Å². The fourth-order valence-electron chi connectivity index (χ4n) is 3.06. The van der Waals surface area contributed by atoms with Crippen molar-refractivity contribution in [2.24, 2.45) is 0 Å². The molecule has 3 rings (SSSR count). The van der Waals surface area contributed by atoms with E-state index in [-0.39, 0.29) is 18.6 Å². The van der Waals surface area contributed by atoms with Crippen molar-refractivity contribution in [1.82, 2.24) is 14.6 Å². The number of hydrogen-bond acceptors (Lipinski definition) is 5. The standard InChI is InChI=1S/C19H21N3O4/c1-5-26-16(23)10-14-11(2)20-18-17(12(3)21-22(18)19(14)24)13-8-6-7-9-15(13)25-4/h6-9,21H,5,10H2,1-4H3. The Bertz CT molecular complexity index is 1030. The summed E-state index contributed by atoms with van der Waals surface area (Å²) in [7, 11) is 1.60. The molecule has 0 bridgehead atoms. The molecule has 1 aromatic carbocycles. The maximum absolute atomic E-state index is 12.9. The largest absolute Gasteiger partial charge is 0.496 e. The summed E-state index contributed by atoms with van der Waals surface area (Å²) in [5.41, 5.74) is 3.46. The third kappa shape index (κ3) is 2.96. The number of benzene rings is 1. The van der Waals surface area contributed by atoms with Crippen LogP contribution < -0.4 is 10.3 Å². The normalized spacial score (nSPS) is 10.9. The highest BCUT2D eigenvalue weighted by Crippen LogP contribution is 2.34. The van der Waals surface area contributed by atoms with Crippen molar-refractivity contribution in [2.45, 2.75) is 27.2 Å². The van der Waals surface area contributed by atoms with Gasteiger partial charge >= 0.3 is 5.97 Å². The van der Waals surface area contributed by atoms with Crippen LogP contribution in [0, 0.1) is 13.8 Å². The predicted molar refractivity (Wildman–Crippen MR) is 97.6 cm³/mol. The number of aromatic amines is 1. The lowest BCUT2D eigenvalue weighted by Crippen LogP contribution is -2.24. The number of methoxy groups -OCH3 is 1. The quantitative estimate of drug-likeness (QED) is 0.711. The number of nitrogens with zero attached hydrogens (tertiary/aromatic N) is 2. The molecule has 0 unspecified atom stereocenters. The van der Waals surface area contributed by atoms with Crippen LogP contribution in [0.1, 0.15) is 23.9 Å². The van der Waals surface area contributed by atoms with Crippen LogP contribution in [0.2, 0.25) is 0 Å². The maximum atomic E-state index is 12.9. The second kappa shape index (κ2) is 7.03. The van der Waals surface area contributed by atoms with Gasteiger partial charge in [0.2, 0.25) is 0 Å². The highest BCUT2D eigenvalue weighted by atomic mass is 16.5. The SMILES string of the molecule is CCOC(=O)Cc1c(C)nc2c(-c3ccccc3OC)c(C)[nH]n2c1=O. The Kier molecular flexibility index (Phi) is 4.79. The minimum atomic E-state index is -0.442. The molecule has 1 N–H and O–H groups in total. The summed E-state index contributed by atoms with van der Waals surface area (Å²) < 4.78 is 11.8. The fraction of sp³-hybridized carbons (Fsp3) is 0.316. The number of hydrogen-bond donors (Lipinski definition) is 1. The Labute approximate surface area is 150 Å². The third-order valence-electron chi connectivity index (χ3n) is 4.26. The van der Waals surface area contributed by atoms with Gasteiger partial charge in [-0.25, -0.2) is 9.50 Å². The second-order valence-corrected chi connectivity index (χ2v) is 5.93. The molecule has 26 heavy (non-hydrogen) atoms. The minimum Gasteiger partial charge on any atom is -0.496 e. The average Bonchev–Trinajstić information content (AvgIpc) is 2.95. The molecule has 136 valence electrons. The van der Waals surface area contributed by atoms with Crippen LogP contribution in [-0.2, 0) is 16.0 Å². The summed E-state index contributed by atoms with van der Waals surface area (Å²) in [6.45, 7) is 5.60. The zero-order valence-electron chi connectivity index (χ0n) is 15.3. The van der Waals surface area contributed by atoms with E-state index >= 15 is 0 Å². The van der Waals surface area contributed by atoms with E-state index in [0.29, 0.717) is 22.7 Å². The Morgan fingerprint density at radius 1 is 1.27 bits per heavy atom. The summed E-state index contributed by atoms with van der Waals surface area (Å²) in [6.07, 6.45) is -0.101. The zero-order chi connectivity index (χ0) is 18.8. The maximum Gasteiger partial charge on any atom is 0.310 e. The van der Waals surface area contributed by atoms with E-state index < -0.39 is 5.97 Å². The van der Waals surface area contributed by atoms with E-state index in [9.17, 15) is 9.59 Å². The fourth-order valence-corrected chi connectivity index (χ4v) is 3.06. The lowest BCUT2D eigenvalue weighted by Gasteiger charge is -2.09. The Hall–Kier alpha value is -3.09. The molecule has 0 fully saturated rings. The zero-order valence-corrected chi connectivity index (χ0v) is 15.3. The summed E-state index contributed by atoms with van der Waals surface area (Å²) in [4.78, 5) is 29.3. The smallest absolute Gasteiger partial charge is 0.310 e. The first-order valence-corrected chi connectivity index (χ1v) is 8.37. The number of carbonyl (C=O) groups excluding carboxylic acids is 1. The first-order valence-electron chi connectivity index (χ1n) is 8.37. The molecule has 0 saturated heterocycles. The van der Waals surface area contributed by atoms with Gasteiger partial charge in [0.05, 0.1) is 31.3 Å². The molecule has 3 aromatic rings. The van der Waals surface area contributed by atoms with Gasteiger partial charge in [0.15, 0.2) is 5.65 Å². The molecule has 0 aliphatic heterocycles. The van der Waals surface area contributed by atoms with Gasteiger partial charge in [-0.15, -0.1) is 0 Å². The molecule has 7 heteroatoms. The molecule has 0 saturated carbocycles. The van der Waals surface area contributed by atoms with Crippen molar-refractivity contribution >= 4 is 11.6 Å². The summed E-state index contributed by atoms with van der Waals surface area (Å²) in [5, 5.41) is 3.05. The summed E-state index contributed by atoms with van der Waals surface area (Å²) in [5.74, 6) is 0.252. The van der Waals surface area contributed by atoms with Crippen LogP contribution in [0.3, 0.4) is 0 Å². The van der Waals surface area contributed by atoms with E-state index in [4.69, 9.17) is 9.47 Å². The van der Waals surface area contributed by atoms with Crippen LogP contribution in [0.5, 0.6) is 5.75 Å². The summed E-state index contributed by atoms with van der Waals surface area (Å²) in [6, 6.07) is 7.57. The summed E-state index contributed by atoms with van der Waals surface area (Å²) >= 11 is 0. The van der Waals surface area contributed by atoms with Crippen LogP contribution in [0.25, 0.3) is 16.8 Å². The molecule has 0 spiro atoms. The van der Waals surface area contributed by atoms with Crippen LogP contribution in [0.4, 0.5) is 0 Å². The number of esters is 1. The average molecular weight is 355 g/mol. The third-order valence-corrected chi connectivity index (χ3v) is 4.26. The Morgan fingerprint density at radius 3 is 2.69 bits per heavy atom. The van der Waals surface area contributed by atoms with Crippen molar-refractivity contribution < 1.29 is 14.3 Å². The Balaban J connectivity index is 2.22. The molecule has 0 aliphatic carbocycles. The monoisotopic (exact) mass is 355 g/mol. The molecular formula is C19H21N3O4. The molecule has 0 radical (unpaired) electrons. The highest BCUT2D eigenvalue weighted by Gasteiger charge is 2.21. The lowest BCUT2D eigenvalue weighted by atomic mass is 10.0. The van der Waals surface area contributed by atoms with Gasteiger partial charge in [0.1, 0.15) is 5.75 Å². The van der Waals surface area contributed by atoms with E-state index in [2.05, 4.69) is 10.1 Å². The van der Waals surface area contributed by atoms with Gasteiger partial charge in [0, 0.05) is 17.0 Å². The van der Waals surface area contributed by atoms with Crippen LogP contribution >= 0.6 is 0 Å². The number of H-pyrrole nitrogens is 1. The van der Waals surface area contributed by atoms with Crippen LogP contribution in [-0.4, -0.2) is 34.3 Å². The first-order chi connectivity index (χ1) is 12.5. The number of rotatable bonds is 5. The molecule has 2 heterocycles. The van der Waals surface area contributed by atoms with Gasteiger partial charge < -0.3 is 9.47 Å². The molecule has 0 atom stereocenters. The topological polar surface area (TPSA) is 85.7 Å². The van der Waals surface area contributed by atoms with E-state index in [0.717, 1.165) is 16.8 Å². The number of nitrogens with one attached hydrogen (secondary N) is 1. The molecule has 0 aliphatic rings. The number of fused-ring (bicyclic) bond motifs is 1. The predicted octanol–water partition coefficient (Wildman–Crippen LogP) is 2.42. The molecule has 2 aromatic heterocycles. The van der Waals surface area contributed by atoms with E-state index in [1.165, 1.54) is 4.52 Å². The van der Waals surface area contributed by atoms with Crippen molar-refractivity contribution in [1.29, 1.82) is 0 Å².